The molecule has 0 amide bonds. The number of nitrogens with zero attached hydrogens (tertiary/aromatic N) is 2. The maximum Gasteiger partial charge on any atom is 0.243 e. The number of sulfonamides is 1. The van der Waals surface area contributed by atoms with Gasteiger partial charge in [-0.25, -0.2) is 8.42 Å². The zero-order valence-electron chi connectivity index (χ0n) is 14.7. The lowest BCUT2D eigenvalue weighted by molar-refractivity contribution is 0.0269. The van der Waals surface area contributed by atoms with Gasteiger partial charge in [0.05, 0.1) is 18.1 Å². The molecule has 134 valence electrons. The van der Waals surface area contributed by atoms with Crippen molar-refractivity contribution >= 4 is 10.0 Å². The van der Waals surface area contributed by atoms with Crippen LogP contribution in [-0.4, -0.2) is 63.6 Å². The highest BCUT2D eigenvalue weighted by Crippen LogP contribution is 2.26. The Labute approximate surface area is 145 Å². The van der Waals surface area contributed by atoms with Crippen molar-refractivity contribution in [3.05, 3.63) is 29.3 Å². The standard InChI is InChI=1S/C18H28N2O3S/c1-15-3-4-16(2)18(13-15)24(21,22)20-7-5-17(6-8-20)14-19-9-11-23-12-10-19/h3-4,13,17H,5-12,14H2,1-2H3. The van der Waals surface area contributed by atoms with Crippen molar-refractivity contribution in [3.8, 4) is 0 Å². The summed E-state index contributed by atoms with van der Waals surface area (Å²) in [4.78, 5) is 2.91. The first-order chi connectivity index (χ1) is 11.5. The first-order valence-corrected chi connectivity index (χ1v) is 10.3. The SMILES string of the molecule is Cc1ccc(C)c(S(=O)(=O)N2CCC(CN3CCOCC3)CC2)c1. The highest BCUT2D eigenvalue weighted by atomic mass is 32.2. The predicted octanol–water partition coefficient (Wildman–Crippen LogP) is 2.04. The summed E-state index contributed by atoms with van der Waals surface area (Å²) in [6, 6.07) is 5.65. The third-order valence-electron chi connectivity index (χ3n) is 5.16. The molecule has 0 spiro atoms. The summed E-state index contributed by atoms with van der Waals surface area (Å²) >= 11 is 0. The highest BCUT2D eigenvalue weighted by molar-refractivity contribution is 7.89. The molecule has 0 aromatic heterocycles. The van der Waals surface area contributed by atoms with Crippen molar-refractivity contribution < 1.29 is 13.2 Å². The monoisotopic (exact) mass is 352 g/mol. The largest absolute Gasteiger partial charge is 0.379 e. The molecule has 5 nitrogen and oxygen atoms in total. The molecule has 1 aromatic rings. The molecule has 0 unspecified atom stereocenters. The highest BCUT2D eigenvalue weighted by Gasteiger charge is 2.31. The average Bonchev–Trinajstić information content (AvgIpc) is 2.58. The van der Waals surface area contributed by atoms with Crippen molar-refractivity contribution in [2.75, 3.05) is 45.9 Å². The summed E-state index contributed by atoms with van der Waals surface area (Å²) in [6.45, 7) is 9.78. The van der Waals surface area contributed by atoms with E-state index < -0.39 is 10.0 Å². The smallest absolute Gasteiger partial charge is 0.243 e. The molecule has 3 rings (SSSR count). The third-order valence-corrected chi connectivity index (χ3v) is 7.20. The summed E-state index contributed by atoms with van der Waals surface area (Å²) in [5.41, 5.74) is 1.82. The van der Waals surface area contributed by atoms with Gasteiger partial charge < -0.3 is 4.74 Å². The lowest BCUT2D eigenvalue weighted by Gasteiger charge is -2.35. The van der Waals surface area contributed by atoms with E-state index in [1.54, 1.807) is 10.4 Å². The van der Waals surface area contributed by atoms with E-state index in [0.717, 1.165) is 56.8 Å². The second-order valence-electron chi connectivity index (χ2n) is 7.03. The molecule has 0 aliphatic carbocycles. The minimum atomic E-state index is -3.37. The maximum atomic E-state index is 13.0. The summed E-state index contributed by atoms with van der Waals surface area (Å²) in [5.74, 6) is 0.591. The van der Waals surface area contributed by atoms with E-state index in [4.69, 9.17) is 4.74 Å². The lowest BCUT2D eigenvalue weighted by atomic mass is 9.97. The van der Waals surface area contributed by atoms with Gasteiger partial charge in [-0.3, -0.25) is 4.90 Å². The molecule has 0 radical (unpaired) electrons. The molecule has 0 atom stereocenters. The fourth-order valence-electron chi connectivity index (χ4n) is 3.61. The van der Waals surface area contributed by atoms with Crippen LogP contribution in [0, 0.1) is 19.8 Å². The van der Waals surface area contributed by atoms with Gasteiger partial charge in [0, 0.05) is 32.7 Å². The van der Waals surface area contributed by atoms with Gasteiger partial charge >= 0.3 is 0 Å². The molecule has 0 N–H and O–H groups in total. The summed E-state index contributed by atoms with van der Waals surface area (Å²) in [7, 11) is -3.37. The van der Waals surface area contributed by atoms with Crippen molar-refractivity contribution in [1.29, 1.82) is 0 Å². The van der Waals surface area contributed by atoms with Crippen LogP contribution >= 0.6 is 0 Å². The first kappa shape index (κ1) is 17.9. The Morgan fingerprint density at radius 1 is 1.08 bits per heavy atom. The molecular formula is C18H28N2O3S. The summed E-state index contributed by atoms with van der Waals surface area (Å²) < 4.78 is 33.0. The second-order valence-corrected chi connectivity index (χ2v) is 8.94. The Balaban J connectivity index is 1.62. The second kappa shape index (κ2) is 7.52. The van der Waals surface area contributed by atoms with Crippen molar-refractivity contribution in [3.63, 3.8) is 0 Å². The maximum absolute atomic E-state index is 13.0. The Morgan fingerprint density at radius 2 is 1.75 bits per heavy atom. The van der Waals surface area contributed by atoms with Crippen LogP contribution in [0.3, 0.4) is 0 Å². The van der Waals surface area contributed by atoms with E-state index >= 15 is 0 Å². The lowest BCUT2D eigenvalue weighted by Crippen LogP contribution is -2.44. The van der Waals surface area contributed by atoms with Crippen LogP contribution in [-0.2, 0) is 14.8 Å². The molecule has 2 saturated heterocycles. The van der Waals surface area contributed by atoms with Crippen LogP contribution in [0.25, 0.3) is 0 Å². The molecule has 0 saturated carbocycles. The number of hydrogen-bond acceptors (Lipinski definition) is 4. The summed E-state index contributed by atoms with van der Waals surface area (Å²) in [6.07, 6.45) is 1.89. The van der Waals surface area contributed by atoms with Crippen LogP contribution in [0.2, 0.25) is 0 Å². The molecule has 24 heavy (non-hydrogen) atoms. The summed E-state index contributed by atoms with van der Waals surface area (Å²) in [5, 5.41) is 0. The van der Waals surface area contributed by atoms with Crippen molar-refractivity contribution in [2.24, 2.45) is 5.92 Å². The van der Waals surface area contributed by atoms with Crippen LogP contribution in [0.15, 0.2) is 23.1 Å². The van der Waals surface area contributed by atoms with Crippen molar-refractivity contribution in [2.45, 2.75) is 31.6 Å². The number of ether oxygens (including phenoxy) is 1. The zero-order valence-corrected chi connectivity index (χ0v) is 15.5. The average molecular weight is 353 g/mol. The Morgan fingerprint density at radius 3 is 2.42 bits per heavy atom. The predicted molar refractivity (Wildman–Crippen MR) is 94.7 cm³/mol. The van der Waals surface area contributed by atoms with E-state index in [0.29, 0.717) is 23.9 Å². The minimum absolute atomic E-state index is 0.467. The van der Waals surface area contributed by atoms with Gasteiger partial charge in [-0.05, 0) is 49.8 Å². The number of morpholine rings is 1. The van der Waals surface area contributed by atoms with Gasteiger partial charge in [0.2, 0.25) is 10.0 Å². The number of aryl methyl sites for hydroxylation is 2. The molecule has 2 aliphatic rings. The number of benzene rings is 1. The van der Waals surface area contributed by atoms with E-state index in [-0.39, 0.29) is 0 Å². The van der Waals surface area contributed by atoms with Crippen LogP contribution in [0.5, 0.6) is 0 Å². The molecule has 6 heteroatoms. The molecule has 2 aliphatic heterocycles. The molecular weight excluding hydrogens is 324 g/mol. The molecule has 0 bridgehead atoms. The zero-order chi connectivity index (χ0) is 17.2. The molecule has 1 aromatic carbocycles. The minimum Gasteiger partial charge on any atom is -0.379 e. The van der Waals surface area contributed by atoms with Gasteiger partial charge in [0.15, 0.2) is 0 Å². The van der Waals surface area contributed by atoms with Gasteiger partial charge in [0.1, 0.15) is 0 Å². The Kier molecular flexibility index (Phi) is 5.59. The van der Waals surface area contributed by atoms with Crippen LogP contribution in [0.1, 0.15) is 24.0 Å². The number of hydrogen-bond donors (Lipinski definition) is 0. The normalized spacial score (nSPS) is 21.9. The molecule has 2 fully saturated rings. The van der Waals surface area contributed by atoms with E-state index in [2.05, 4.69) is 4.90 Å². The van der Waals surface area contributed by atoms with Crippen LogP contribution in [0.4, 0.5) is 0 Å². The Bertz CT molecular complexity index is 661. The van der Waals surface area contributed by atoms with Gasteiger partial charge in [-0.1, -0.05) is 12.1 Å². The topological polar surface area (TPSA) is 49.9 Å². The quantitative estimate of drug-likeness (QED) is 0.832. The Hall–Kier alpha value is -0.950. The first-order valence-electron chi connectivity index (χ1n) is 8.84. The van der Waals surface area contributed by atoms with E-state index in [9.17, 15) is 8.42 Å². The van der Waals surface area contributed by atoms with Crippen molar-refractivity contribution in [1.82, 2.24) is 9.21 Å². The van der Waals surface area contributed by atoms with E-state index in [1.165, 1.54) is 0 Å². The van der Waals surface area contributed by atoms with Gasteiger partial charge in [-0.2, -0.15) is 4.31 Å². The third kappa shape index (κ3) is 3.99. The number of rotatable bonds is 4. The van der Waals surface area contributed by atoms with Crippen LogP contribution < -0.4 is 0 Å². The van der Waals surface area contributed by atoms with Gasteiger partial charge in [0.25, 0.3) is 0 Å². The fourth-order valence-corrected chi connectivity index (χ4v) is 5.38. The number of piperidine rings is 1. The fraction of sp³-hybridized carbons (Fsp3) is 0.667. The molecule has 2 heterocycles. The van der Waals surface area contributed by atoms with E-state index in [1.807, 2.05) is 26.0 Å². The van der Waals surface area contributed by atoms with Gasteiger partial charge in [-0.15, -0.1) is 0 Å².